The Balaban J connectivity index is 1.56. The van der Waals surface area contributed by atoms with Crippen molar-refractivity contribution in [3.05, 3.63) is 11.9 Å². The van der Waals surface area contributed by atoms with Crippen LogP contribution in [0.3, 0.4) is 0 Å². The van der Waals surface area contributed by atoms with Crippen LogP contribution in [-0.4, -0.2) is 38.0 Å². The van der Waals surface area contributed by atoms with E-state index in [-0.39, 0.29) is 18.1 Å². The fourth-order valence-corrected chi connectivity index (χ4v) is 2.38. The number of carbonyl (C=O) groups excluding carboxylic acids is 1. The fraction of sp³-hybridized carbons (Fsp3) is 0.667. The van der Waals surface area contributed by atoms with E-state index in [1.165, 1.54) is 36.6 Å². The van der Waals surface area contributed by atoms with Gasteiger partial charge < -0.3 is 10.4 Å². The number of aromatic nitrogens is 3. The van der Waals surface area contributed by atoms with Crippen molar-refractivity contribution in [1.29, 1.82) is 0 Å². The van der Waals surface area contributed by atoms with E-state index >= 15 is 0 Å². The molecule has 2 N–H and O–H groups in total. The van der Waals surface area contributed by atoms with Crippen molar-refractivity contribution in [2.45, 2.75) is 38.3 Å². The molecule has 2 saturated carbocycles. The number of rotatable bonds is 6. The van der Waals surface area contributed by atoms with Gasteiger partial charge in [0.05, 0.1) is 6.20 Å². The van der Waals surface area contributed by atoms with Crippen LogP contribution < -0.4 is 5.32 Å². The monoisotopic (exact) mass is 264 g/mol. The number of carboxylic acids is 1. The van der Waals surface area contributed by atoms with Crippen LogP contribution in [0, 0.1) is 11.8 Å². The molecule has 1 amide bonds. The molecule has 7 heteroatoms. The number of carboxylic acid groups (broad SMARTS) is 1. The van der Waals surface area contributed by atoms with Crippen LogP contribution in [0.2, 0.25) is 0 Å². The van der Waals surface area contributed by atoms with Crippen molar-refractivity contribution in [2.75, 3.05) is 0 Å². The molecule has 1 heterocycles. The third kappa shape index (κ3) is 2.91. The van der Waals surface area contributed by atoms with Gasteiger partial charge in [-0.05, 0) is 37.5 Å². The molecule has 3 rings (SSSR count). The lowest BCUT2D eigenvalue weighted by Gasteiger charge is -2.17. The van der Waals surface area contributed by atoms with Gasteiger partial charge in [-0.1, -0.05) is 5.21 Å². The predicted octanol–water partition coefficient (Wildman–Crippen LogP) is 0.281. The third-order valence-electron chi connectivity index (χ3n) is 3.65. The van der Waals surface area contributed by atoms with Gasteiger partial charge in [-0.3, -0.25) is 4.79 Å². The van der Waals surface area contributed by atoms with Crippen LogP contribution in [-0.2, 0) is 11.3 Å². The lowest BCUT2D eigenvalue weighted by Crippen LogP contribution is -2.40. The molecule has 102 valence electrons. The molecule has 2 aliphatic rings. The van der Waals surface area contributed by atoms with Crippen molar-refractivity contribution in [2.24, 2.45) is 11.8 Å². The standard InChI is InChI=1S/C12H16N4O3/c17-10(6-16-5-9(12(18)19)14-15-16)13-11(7-1-2-7)8-3-4-8/h5,7-8,11H,1-4,6H2,(H,13,17)(H,18,19). The molecule has 0 aliphatic heterocycles. The van der Waals surface area contributed by atoms with Crippen LogP contribution in [0.1, 0.15) is 36.2 Å². The first-order chi connectivity index (χ1) is 9.13. The van der Waals surface area contributed by atoms with Gasteiger partial charge in [-0.2, -0.15) is 0 Å². The second kappa shape index (κ2) is 4.64. The number of hydrogen-bond acceptors (Lipinski definition) is 4. The maximum atomic E-state index is 11.9. The minimum atomic E-state index is -1.14. The molecular weight excluding hydrogens is 248 g/mol. The Labute approximate surface area is 110 Å². The number of amides is 1. The van der Waals surface area contributed by atoms with Crippen LogP contribution in [0.15, 0.2) is 6.20 Å². The molecule has 0 unspecified atom stereocenters. The lowest BCUT2D eigenvalue weighted by molar-refractivity contribution is -0.122. The summed E-state index contributed by atoms with van der Waals surface area (Å²) in [6.07, 6.45) is 6.08. The highest BCUT2D eigenvalue weighted by atomic mass is 16.4. The number of aromatic carboxylic acids is 1. The topological polar surface area (TPSA) is 97.1 Å². The predicted molar refractivity (Wildman–Crippen MR) is 64.4 cm³/mol. The van der Waals surface area contributed by atoms with E-state index in [0.717, 1.165) is 0 Å². The van der Waals surface area contributed by atoms with Crippen molar-refractivity contribution in [1.82, 2.24) is 20.3 Å². The average molecular weight is 264 g/mol. The summed E-state index contributed by atoms with van der Waals surface area (Å²) < 4.78 is 1.26. The maximum absolute atomic E-state index is 11.9. The highest BCUT2D eigenvalue weighted by Crippen LogP contribution is 2.44. The molecule has 0 radical (unpaired) electrons. The summed E-state index contributed by atoms with van der Waals surface area (Å²) in [7, 11) is 0. The van der Waals surface area contributed by atoms with Crippen molar-refractivity contribution >= 4 is 11.9 Å². The smallest absolute Gasteiger partial charge is 0.358 e. The Hall–Kier alpha value is -1.92. The van der Waals surface area contributed by atoms with Gasteiger partial charge in [0.1, 0.15) is 6.54 Å². The van der Waals surface area contributed by atoms with Gasteiger partial charge >= 0.3 is 5.97 Å². The summed E-state index contributed by atoms with van der Waals surface area (Å²) in [5.41, 5.74) is -0.145. The average Bonchev–Trinajstić information content (AvgIpc) is 3.26. The van der Waals surface area contributed by atoms with Crippen molar-refractivity contribution in [3.63, 3.8) is 0 Å². The molecule has 0 spiro atoms. The van der Waals surface area contributed by atoms with E-state index in [1.807, 2.05) is 0 Å². The lowest BCUT2D eigenvalue weighted by atomic mass is 10.1. The Bertz CT molecular complexity index is 493. The first kappa shape index (κ1) is 12.1. The van der Waals surface area contributed by atoms with Gasteiger partial charge in [0.25, 0.3) is 0 Å². The van der Waals surface area contributed by atoms with Gasteiger partial charge in [-0.15, -0.1) is 5.10 Å². The SMILES string of the molecule is O=C(Cn1cc(C(=O)O)nn1)NC(C1CC1)C1CC1. The minimum Gasteiger partial charge on any atom is -0.476 e. The van der Waals surface area contributed by atoms with Crippen LogP contribution in [0.4, 0.5) is 0 Å². The first-order valence-electron chi connectivity index (χ1n) is 6.56. The third-order valence-corrected chi connectivity index (χ3v) is 3.65. The quantitative estimate of drug-likeness (QED) is 0.769. The molecule has 19 heavy (non-hydrogen) atoms. The molecule has 2 aliphatic carbocycles. The summed E-state index contributed by atoms with van der Waals surface area (Å²) in [5, 5.41) is 18.9. The molecular formula is C12H16N4O3. The van der Waals surface area contributed by atoms with E-state index < -0.39 is 5.97 Å². The second-order valence-corrected chi connectivity index (χ2v) is 5.37. The molecule has 0 aromatic carbocycles. The Morgan fingerprint density at radius 2 is 2.00 bits per heavy atom. The van der Waals surface area contributed by atoms with E-state index in [4.69, 9.17) is 5.11 Å². The first-order valence-corrected chi connectivity index (χ1v) is 6.56. The summed E-state index contributed by atoms with van der Waals surface area (Å²) in [5.74, 6) is 0.0229. The number of hydrogen-bond donors (Lipinski definition) is 2. The van der Waals surface area contributed by atoms with Crippen LogP contribution in [0.25, 0.3) is 0 Å². The largest absolute Gasteiger partial charge is 0.476 e. The zero-order valence-electron chi connectivity index (χ0n) is 10.5. The molecule has 1 aromatic rings. The molecule has 7 nitrogen and oxygen atoms in total. The summed E-state index contributed by atoms with van der Waals surface area (Å²) in [4.78, 5) is 22.6. The normalized spacial score (nSPS) is 18.6. The van der Waals surface area contributed by atoms with Crippen LogP contribution >= 0.6 is 0 Å². The highest BCUT2D eigenvalue weighted by molar-refractivity contribution is 5.84. The van der Waals surface area contributed by atoms with Crippen molar-refractivity contribution < 1.29 is 14.7 Å². The van der Waals surface area contributed by atoms with Gasteiger partial charge in [0, 0.05) is 6.04 Å². The van der Waals surface area contributed by atoms with Gasteiger partial charge in [0.2, 0.25) is 5.91 Å². The fourth-order valence-electron chi connectivity index (χ4n) is 2.38. The molecule has 0 saturated heterocycles. The summed E-state index contributed by atoms with van der Waals surface area (Å²) in [6.45, 7) is 0.0240. The number of carbonyl (C=O) groups is 2. The van der Waals surface area contributed by atoms with Gasteiger partial charge in [0.15, 0.2) is 5.69 Å². The number of nitrogens with one attached hydrogen (secondary N) is 1. The van der Waals surface area contributed by atoms with Crippen molar-refractivity contribution in [3.8, 4) is 0 Å². The Morgan fingerprint density at radius 1 is 1.37 bits per heavy atom. The molecule has 2 fully saturated rings. The highest BCUT2D eigenvalue weighted by Gasteiger charge is 2.42. The zero-order chi connectivity index (χ0) is 13.4. The van der Waals surface area contributed by atoms with E-state index in [1.54, 1.807) is 0 Å². The van der Waals surface area contributed by atoms with E-state index in [2.05, 4.69) is 15.6 Å². The van der Waals surface area contributed by atoms with E-state index in [9.17, 15) is 9.59 Å². The van der Waals surface area contributed by atoms with Gasteiger partial charge in [-0.25, -0.2) is 9.48 Å². The summed E-state index contributed by atoms with van der Waals surface area (Å²) >= 11 is 0. The van der Waals surface area contributed by atoms with Crippen LogP contribution in [0.5, 0.6) is 0 Å². The van der Waals surface area contributed by atoms with E-state index in [0.29, 0.717) is 17.9 Å². The Kier molecular flexibility index (Phi) is 2.96. The molecule has 0 bridgehead atoms. The second-order valence-electron chi connectivity index (χ2n) is 5.37. The zero-order valence-corrected chi connectivity index (χ0v) is 10.5. The number of nitrogens with zero attached hydrogens (tertiary/aromatic N) is 3. The Morgan fingerprint density at radius 3 is 2.47 bits per heavy atom. The molecule has 0 atom stereocenters. The maximum Gasteiger partial charge on any atom is 0.358 e. The minimum absolute atomic E-state index is 0.0240. The summed E-state index contributed by atoms with van der Waals surface area (Å²) in [6, 6.07) is 0.301. The molecule has 1 aromatic heterocycles.